The Labute approximate surface area is 43.4 Å². The fourth-order valence-corrected chi connectivity index (χ4v) is 0. The molecule has 0 fully saturated rings. The van der Waals surface area contributed by atoms with Gasteiger partial charge in [0.05, 0.1) is 0 Å². The van der Waals surface area contributed by atoms with Gasteiger partial charge in [-0.15, -0.1) is 0 Å². The molecule has 3 heteroatoms. The Morgan fingerprint density at radius 3 is 1.50 bits per heavy atom. The molecule has 0 atom stereocenters. The van der Waals surface area contributed by atoms with Gasteiger partial charge < -0.3 is 0 Å². The van der Waals surface area contributed by atoms with Crippen LogP contribution in [0.2, 0.25) is 4.75 Å². The van der Waals surface area contributed by atoms with Crippen molar-refractivity contribution in [1.29, 1.82) is 0 Å². The molecular formula is C3H11GeN2. The van der Waals surface area contributed by atoms with Crippen LogP contribution >= 0.6 is 0 Å². The predicted octanol–water partition coefficient (Wildman–Crippen LogP) is -0.198. The molecule has 0 aromatic heterocycles. The van der Waals surface area contributed by atoms with Gasteiger partial charge in [-0.25, -0.2) is 0 Å². The summed E-state index contributed by atoms with van der Waals surface area (Å²) in [6, 6.07) is 0. The Kier molecular flexibility index (Phi) is 2.81. The number of nitrogens with two attached hydrogens (primary N) is 2. The van der Waals surface area contributed by atoms with Gasteiger partial charge >= 0.3 is 42.8 Å². The fraction of sp³-hybridized carbons (Fsp3) is 1.00. The van der Waals surface area contributed by atoms with E-state index >= 15 is 0 Å². The topological polar surface area (TPSA) is 52.0 Å². The van der Waals surface area contributed by atoms with Crippen LogP contribution in [0.5, 0.6) is 0 Å². The Balaban J connectivity index is 2.99. The van der Waals surface area contributed by atoms with Crippen molar-refractivity contribution < 1.29 is 0 Å². The molecule has 0 aromatic carbocycles. The Hall–Kier alpha value is 0.463. The van der Waals surface area contributed by atoms with E-state index in [1.54, 1.807) is 0 Å². The van der Waals surface area contributed by atoms with Gasteiger partial charge in [-0.3, -0.25) is 0 Å². The summed E-state index contributed by atoms with van der Waals surface area (Å²) in [6.07, 6.45) is 0. The molecule has 2 nitrogen and oxygen atoms in total. The van der Waals surface area contributed by atoms with E-state index in [1.165, 1.54) is 0 Å². The van der Waals surface area contributed by atoms with Gasteiger partial charge in [-0.2, -0.15) is 0 Å². The molecule has 1 radical (unpaired) electrons. The molecule has 37 valence electrons. The second-order valence-electron chi connectivity index (χ2n) is 1.65. The van der Waals surface area contributed by atoms with Crippen LogP contribution in [0.15, 0.2) is 0 Å². The number of hydrogen-bond acceptors (Lipinski definition) is 2. The van der Waals surface area contributed by atoms with Crippen LogP contribution in [-0.4, -0.2) is 14.8 Å². The first-order chi connectivity index (χ1) is 2.64. The third-order valence-electron chi connectivity index (χ3n) is 0.667. The van der Waals surface area contributed by atoms with Gasteiger partial charge in [0, 0.05) is 0 Å². The SMILES string of the molecule is C[CH](C)[Ge]([NH2])[NH2]. The van der Waals surface area contributed by atoms with Crippen LogP contribution in [0, 0.1) is 0 Å². The first kappa shape index (κ1) is 6.46. The van der Waals surface area contributed by atoms with E-state index in [-0.39, 0.29) is 0 Å². The molecular weight excluding hydrogens is 137 g/mol. The average Bonchev–Trinajstić information content (AvgIpc) is 1.36. The second-order valence-corrected chi connectivity index (χ2v) is 6.18. The number of rotatable bonds is 1. The molecule has 0 aliphatic heterocycles. The van der Waals surface area contributed by atoms with Crippen molar-refractivity contribution in [3.8, 4) is 0 Å². The molecule has 0 bridgehead atoms. The first-order valence-electron chi connectivity index (χ1n) is 2.02. The summed E-state index contributed by atoms with van der Waals surface area (Å²) in [4.78, 5) is 0. The molecule has 0 aromatic rings. The van der Waals surface area contributed by atoms with Crippen LogP contribution in [-0.2, 0) is 0 Å². The molecule has 6 heavy (non-hydrogen) atoms. The zero-order valence-corrected chi connectivity index (χ0v) is 6.33. The van der Waals surface area contributed by atoms with Crippen LogP contribution < -0.4 is 9.38 Å². The minimum absolute atomic E-state index is 0.574. The summed E-state index contributed by atoms with van der Waals surface area (Å²) in [5, 5.41) is 0. The van der Waals surface area contributed by atoms with Crippen LogP contribution in [0.1, 0.15) is 13.8 Å². The molecule has 0 aliphatic rings. The maximum atomic E-state index is 5.38. The van der Waals surface area contributed by atoms with Crippen molar-refractivity contribution in [2.75, 3.05) is 0 Å². The Morgan fingerprint density at radius 2 is 1.50 bits per heavy atom. The summed E-state index contributed by atoms with van der Waals surface area (Å²) in [7, 11) is 0. The summed E-state index contributed by atoms with van der Waals surface area (Å²) in [6.45, 7) is 4.13. The van der Waals surface area contributed by atoms with Crippen molar-refractivity contribution in [3.05, 3.63) is 0 Å². The van der Waals surface area contributed by atoms with Crippen LogP contribution in [0.25, 0.3) is 0 Å². The van der Waals surface area contributed by atoms with Gasteiger partial charge in [0.25, 0.3) is 0 Å². The zero-order valence-electron chi connectivity index (χ0n) is 4.23. The molecule has 0 saturated carbocycles. The fourth-order valence-electron chi connectivity index (χ4n) is 0. The summed E-state index contributed by atoms with van der Waals surface area (Å²) < 4.78 is 11.3. The standard InChI is InChI=1S/C3H11GeN2/c1-3(2)4(5)6/h3H,5-6H2,1-2H3. The van der Waals surface area contributed by atoms with E-state index in [2.05, 4.69) is 13.8 Å². The molecule has 0 amide bonds. The molecule has 0 saturated heterocycles. The molecule has 4 N–H and O–H groups in total. The van der Waals surface area contributed by atoms with Crippen molar-refractivity contribution in [2.24, 2.45) is 9.38 Å². The molecule has 0 unspecified atom stereocenters. The van der Waals surface area contributed by atoms with Gasteiger partial charge in [-0.05, 0) is 0 Å². The Morgan fingerprint density at radius 1 is 1.33 bits per heavy atom. The summed E-state index contributed by atoms with van der Waals surface area (Å²) in [5.41, 5.74) is 0. The van der Waals surface area contributed by atoms with E-state index in [1.807, 2.05) is 0 Å². The maximum absolute atomic E-state index is 5.38. The molecule has 0 spiro atoms. The molecule has 0 aliphatic carbocycles. The van der Waals surface area contributed by atoms with E-state index in [9.17, 15) is 0 Å². The van der Waals surface area contributed by atoms with Crippen molar-refractivity contribution in [1.82, 2.24) is 0 Å². The van der Waals surface area contributed by atoms with E-state index < -0.39 is 14.8 Å². The first-order valence-corrected chi connectivity index (χ1v) is 5.65. The summed E-state index contributed by atoms with van der Waals surface area (Å²) >= 11 is -1.46. The van der Waals surface area contributed by atoms with Crippen molar-refractivity contribution >= 4 is 14.8 Å². The molecule has 0 heterocycles. The van der Waals surface area contributed by atoms with Crippen molar-refractivity contribution in [2.45, 2.75) is 18.6 Å². The van der Waals surface area contributed by atoms with Crippen LogP contribution in [0.3, 0.4) is 0 Å². The predicted molar refractivity (Wildman–Crippen MR) is 29.2 cm³/mol. The third kappa shape index (κ3) is 2.69. The second kappa shape index (κ2) is 2.60. The zero-order chi connectivity index (χ0) is 5.15. The summed E-state index contributed by atoms with van der Waals surface area (Å²) in [5.74, 6) is 0. The van der Waals surface area contributed by atoms with Crippen molar-refractivity contribution in [3.63, 3.8) is 0 Å². The number of hydrogen-bond donors (Lipinski definition) is 2. The Bertz CT molecular complexity index is 29.8. The average molecular weight is 148 g/mol. The van der Waals surface area contributed by atoms with Crippen LogP contribution in [0.4, 0.5) is 0 Å². The van der Waals surface area contributed by atoms with E-state index in [4.69, 9.17) is 9.38 Å². The van der Waals surface area contributed by atoms with E-state index in [0.717, 1.165) is 0 Å². The third-order valence-corrected chi connectivity index (χ3v) is 3.46. The van der Waals surface area contributed by atoms with Gasteiger partial charge in [0.1, 0.15) is 0 Å². The molecule has 0 rings (SSSR count). The monoisotopic (exact) mass is 149 g/mol. The van der Waals surface area contributed by atoms with Gasteiger partial charge in [0.15, 0.2) is 0 Å². The normalized spacial score (nSPS) is 11.0. The van der Waals surface area contributed by atoms with Gasteiger partial charge in [0.2, 0.25) is 0 Å². The van der Waals surface area contributed by atoms with Gasteiger partial charge in [-0.1, -0.05) is 0 Å². The minimum atomic E-state index is -1.46. The quantitative estimate of drug-likeness (QED) is 0.505. The van der Waals surface area contributed by atoms with E-state index in [0.29, 0.717) is 4.75 Å².